The van der Waals surface area contributed by atoms with Gasteiger partial charge in [-0.1, -0.05) is 36.4 Å². The van der Waals surface area contributed by atoms with Gasteiger partial charge in [0.1, 0.15) is 6.61 Å². The highest BCUT2D eigenvalue weighted by atomic mass is 16.5. The van der Waals surface area contributed by atoms with E-state index >= 15 is 0 Å². The van der Waals surface area contributed by atoms with E-state index in [9.17, 15) is 9.59 Å². The molecule has 0 aromatic heterocycles. The fourth-order valence-electron chi connectivity index (χ4n) is 2.25. The van der Waals surface area contributed by atoms with Crippen molar-refractivity contribution in [2.45, 2.75) is 12.1 Å². The number of nitrogens with zero attached hydrogens (tertiary/aromatic N) is 1. The summed E-state index contributed by atoms with van der Waals surface area (Å²) in [6, 6.07) is 9.00. The second-order valence-corrected chi connectivity index (χ2v) is 4.63. The van der Waals surface area contributed by atoms with Crippen LogP contribution < -0.4 is 5.32 Å². The lowest BCUT2D eigenvalue weighted by atomic mass is 9.97. The standard InChI is InChI=1S/C15H18N2O3/c1-3-9-16-15(19)14-13(11-7-5-4-6-8-11)17(2)12(18)10-20-14/h3-8,13-14H,1,9-10H2,2H3,(H,16,19). The van der Waals surface area contributed by atoms with Gasteiger partial charge < -0.3 is 15.0 Å². The van der Waals surface area contributed by atoms with Crippen molar-refractivity contribution in [1.82, 2.24) is 10.2 Å². The maximum Gasteiger partial charge on any atom is 0.251 e. The van der Waals surface area contributed by atoms with Crippen LogP contribution in [-0.2, 0) is 14.3 Å². The third kappa shape index (κ3) is 2.88. The van der Waals surface area contributed by atoms with Crippen molar-refractivity contribution in [2.75, 3.05) is 20.2 Å². The Morgan fingerprint density at radius 2 is 2.20 bits per heavy atom. The van der Waals surface area contributed by atoms with Gasteiger partial charge in [0, 0.05) is 13.6 Å². The van der Waals surface area contributed by atoms with Gasteiger partial charge in [-0.25, -0.2) is 0 Å². The molecule has 1 aliphatic heterocycles. The Labute approximate surface area is 118 Å². The van der Waals surface area contributed by atoms with E-state index < -0.39 is 12.1 Å². The fraction of sp³-hybridized carbons (Fsp3) is 0.333. The summed E-state index contributed by atoms with van der Waals surface area (Å²) < 4.78 is 5.45. The van der Waals surface area contributed by atoms with E-state index in [1.54, 1.807) is 18.0 Å². The van der Waals surface area contributed by atoms with Gasteiger partial charge in [0.05, 0.1) is 6.04 Å². The van der Waals surface area contributed by atoms with Crippen molar-refractivity contribution in [3.63, 3.8) is 0 Å². The Morgan fingerprint density at radius 1 is 1.50 bits per heavy atom. The molecule has 1 N–H and O–H groups in total. The van der Waals surface area contributed by atoms with Crippen LogP contribution in [0.3, 0.4) is 0 Å². The van der Waals surface area contributed by atoms with Crippen molar-refractivity contribution in [2.24, 2.45) is 0 Å². The van der Waals surface area contributed by atoms with Gasteiger partial charge in [-0.05, 0) is 5.56 Å². The van der Waals surface area contributed by atoms with E-state index in [1.807, 2.05) is 30.3 Å². The van der Waals surface area contributed by atoms with Crippen LogP contribution in [0.25, 0.3) is 0 Å². The third-order valence-corrected chi connectivity index (χ3v) is 3.30. The Balaban J connectivity index is 2.26. The van der Waals surface area contributed by atoms with Crippen LogP contribution in [0, 0.1) is 0 Å². The van der Waals surface area contributed by atoms with Gasteiger partial charge in [-0.2, -0.15) is 0 Å². The molecule has 2 rings (SSSR count). The predicted octanol–water partition coefficient (Wildman–Crippen LogP) is 0.887. The molecule has 1 aromatic rings. The van der Waals surface area contributed by atoms with Crippen LogP contribution in [-0.4, -0.2) is 43.0 Å². The summed E-state index contributed by atoms with van der Waals surface area (Å²) in [5.41, 5.74) is 0.877. The molecule has 2 unspecified atom stereocenters. The molecule has 2 atom stereocenters. The van der Waals surface area contributed by atoms with Gasteiger partial charge in [-0.3, -0.25) is 9.59 Å². The van der Waals surface area contributed by atoms with Crippen LogP contribution in [0.4, 0.5) is 0 Å². The summed E-state index contributed by atoms with van der Waals surface area (Å²) in [6.07, 6.45) is 0.896. The molecule has 1 heterocycles. The monoisotopic (exact) mass is 274 g/mol. The highest BCUT2D eigenvalue weighted by Crippen LogP contribution is 2.28. The first-order valence-electron chi connectivity index (χ1n) is 6.46. The minimum atomic E-state index is -0.708. The van der Waals surface area contributed by atoms with Gasteiger partial charge in [-0.15, -0.1) is 6.58 Å². The van der Waals surface area contributed by atoms with E-state index in [-0.39, 0.29) is 18.4 Å². The Morgan fingerprint density at radius 3 is 2.85 bits per heavy atom. The molecule has 0 spiro atoms. The zero-order valence-electron chi connectivity index (χ0n) is 11.4. The molecule has 0 radical (unpaired) electrons. The number of hydrogen-bond donors (Lipinski definition) is 1. The molecule has 1 saturated heterocycles. The smallest absolute Gasteiger partial charge is 0.251 e. The van der Waals surface area contributed by atoms with Crippen LogP contribution in [0.1, 0.15) is 11.6 Å². The quantitative estimate of drug-likeness (QED) is 0.829. The number of carbonyl (C=O) groups is 2. The van der Waals surface area contributed by atoms with E-state index in [2.05, 4.69) is 11.9 Å². The molecule has 0 saturated carbocycles. The summed E-state index contributed by atoms with van der Waals surface area (Å²) in [7, 11) is 1.69. The number of ether oxygens (including phenoxy) is 1. The summed E-state index contributed by atoms with van der Waals surface area (Å²) in [6.45, 7) is 3.86. The van der Waals surface area contributed by atoms with Gasteiger partial charge in [0.2, 0.25) is 5.91 Å². The second kappa shape index (κ2) is 6.34. The highest BCUT2D eigenvalue weighted by Gasteiger charge is 2.39. The number of rotatable bonds is 4. The fourth-order valence-corrected chi connectivity index (χ4v) is 2.25. The molecule has 1 fully saturated rings. The lowest BCUT2D eigenvalue weighted by Gasteiger charge is -2.38. The maximum absolute atomic E-state index is 12.2. The number of hydrogen-bond acceptors (Lipinski definition) is 3. The lowest BCUT2D eigenvalue weighted by molar-refractivity contribution is -0.162. The first-order chi connectivity index (χ1) is 9.65. The van der Waals surface area contributed by atoms with Crippen LogP contribution in [0.2, 0.25) is 0 Å². The van der Waals surface area contributed by atoms with Crippen molar-refractivity contribution < 1.29 is 14.3 Å². The second-order valence-electron chi connectivity index (χ2n) is 4.63. The van der Waals surface area contributed by atoms with Gasteiger partial charge >= 0.3 is 0 Å². The highest BCUT2D eigenvalue weighted by molar-refractivity contribution is 5.86. The van der Waals surface area contributed by atoms with Crippen LogP contribution in [0.15, 0.2) is 43.0 Å². The molecule has 0 bridgehead atoms. The average Bonchev–Trinajstić information content (AvgIpc) is 2.48. The van der Waals surface area contributed by atoms with E-state index in [4.69, 9.17) is 4.74 Å². The maximum atomic E-state index is 12.2. The molecule has 5 heteroatoms. The number of likely N-dealkylation sites (N-methyl/N-ethyl adjacent to an activating group) is 1. The molecule has 5 nitrogen and oxygen atoms in total. The Hall–Kier alpha value is -2.14. The molecule has 1 aromatic carbocycles. The molecule has 1 aliphatic rings. The predicted molar refractivity (Wildman–Crippen MR) is 74.9 cm³/mol. The van der Waals surface area contributed by atoms with E-state index in [0.29, 0.717) is 6.54 Å². The minimum Gasteiger partial charge on any atom is -0.356 e. The Bertz CT molecular complexity index is 501. The number of benzene rings is 1. The van der Waals surface area contributed by atoms with Gasteiger partial charge in [0.25, 0.3) is 5.91 Å². The minimum absolute atomic E-state index is 0.0774. The zero-order valence-corrected chi connectivity index (χ0v) is 11.4. The van der Waals surface area contributed by atoms with Crippen molar-refractivity contribution >= 4 is 11.8 Å². The zero-order chi connectivity index (χ0) is 14.5. The summed E-state index contributed by atoms with van der Waals surface area (Å²) >= 11 is 0. The first kappa shape index (κ1) is 14.3. The van der Waals surface area contributed by atoms with Crippen molar-refractivity contribution in [1.29, 1.82) is 0 Å². The first-order valence-corrected chi connectivity index (χ1v) is 6.46. The molecular weight excluding hydrogens is 256 g/mol. The average molecular weight is 274 g/mol. The van der Waals surface area contributed by atoms with Crippen LogP contribution >= 0.6 is 0 Å². The number of carbonyl (C=O) groups excluding carboxylic acids is 2. The van der Waals surface area contributed by atoms with Gasteiger partial charge in [0.15, 0.2) is 6.10 Å². The topological polar surface area (TPSA) is 58.6 Å². The number of amides is 2. The Kier molecular flexibility index (Phi) is 4.53. The number of nitrogens with one attached hydrogen (secondary N) is 1. The molecule has 0 aliphatic carbocycles. The SMILES string of the molecule is C=CCNC(=O)C1OCC(=O)N(C)C1c1ccccc1. The van der Waals surface area contributed by atoms with E-state index in [1.165, 1.54) is 0 Å². The van der Waals surface area contributed by atoms with Crippen molar-refractivity contribution in [3.05, 3.63) is 48.6 Å². The van der Waals surface area contributed by atoms with Crippen molar-refractivity contribution in [3.8, 4) is 0 Å². The lowest BCUT2D eigenvalue weighted by Crippen LogP contribution is -2.53. The summed E-state index contributed by atoms with van der Waals surface area (Å²) in [5.74, 6) is -0.371. The number of morpholine rings is 1. The van der Waals surface area contributed by atoms with Crippen LogP contribution in [0.5, 0.6) is 0 Å². The summed E-state index contributed by atoms with van der Waals surface area (Å²) in [5, 5.41) is 2.72. The largest absolute Gasteiger partial charge is 0.356 e. The third-order valence-electron chi connectivity index (χ3n) is 3.30. The normalized spacial score (nSPS) is 22.4. The molecular formula is C15H18N2O3. The molecule has 106 valence electrons. The summed E-state index contributed by atoms with van der Waals surface area (Å²) in [4.78, 5) is 25.6. The molecule has 2 amide bonds. The molecule has 20 heavy (non-hydrogen) atoms. The van der Waals surface area contributed by atoms with E-state index in [0.717, 1.165) is 5.56 Å².